The zero-order valence-electron chi connectivity index (χ0n) is 10.6. The largest absolute Gasteiger partial charge is 0.357 e. The number of likely N-dealkylation sites (N-methyl/N-ethyl adjacent to an activating group) is 1. The van der Waals surface area contributed by atoms with Crippen LogP contribution in [0.1, 0.15) is 37.0 Å². The van der Waals surface area contributed by atoms with E-state index in [1.54, 1.807) is 0 Å². The summed E-state index contributed by atoms with van der Waals surface area (Å²) in [5, 5.41) is 0. The van der Waals surface area contributed by atoms with Gasteiger partial charge < -0.3 is 4.57 Å². The highest BCUT2D eigenvalue weighted by Crippen LogP contribution is 2.03. The van der Waals surface area contributed by atoms with E-state index in [0.29, 0.717) is 6.54 Å². The first-order valence-corrected chi connectivity index (χ1v) is 6.04. The molecule has 0 unspecified atom stereocenters. The second-order valence-corrected chi connectivity index (χ2v) is 4.21. The molecular formula is C13H22N2O. The molecule has 0 bridgehead atoms. The third-order valence-corrected chi connectivity index (χ3v) is 2.80. The van der Waals surface area contributed by atoms with Crippen molar-refractivity contribution in [1.29, 1.82) is 0 Å². The quantitative estimate of drug-likeness (QED) is 0.662. The number of nitrogens with zero attached hydrogens (tertiary/aromatic N) is 2. The van der Waals surface area contributed by atoms with Crippen molar-refractivity contribution in [3.05, 3.63) is 24.0 Å². The zero-order valence-corrected chi connectivity index (χ0v) is 10.6. The molecule has 0 saturated heterocycles. The summed E-state index contributed by atoms with van der Waals surface area (Å²) in [6.07, 6.45) is 6.14. The van der Waals surface area contributed by atoms with E-state index < -0.39 is 0 Å². The first-order chi connectivity index (χ1) is 7.67. The number of carbonyl (C=O) groups is 1. The lowest BCUT2D eigenvalue weighted by molar-refractivity contribution is 0.0933. The Morgan fingerprint density at radius 2 is 2.19 bits per heavy atom. The first-order valence-electron chi connectivity index (χ1n) is 6.04. The Labute approximate surface area is 98.1 Å². The highest BCUT2D eigenvalue weighted by molar-refractivity contribution is 5.97. The summed E-state index contributed by atoms with van der Waals surface area (Å²) >= 11 is 0. The van der Waals surface area contributed by atoms with Crippen molar-refractivity contribution in [3.63, 3.8) is 0 Å². The van der Waals surface area contributed by atoms with Crippen LogP contribution in [0.4, 0.5) is 0 Å². The molecule has 3 nitrogen and oxygen atoms in total. The second-order valence-electron chi connectivity index (χ2n) is 4.21. The Hall–Kier alpha value is -1.09. The average Bonchev–Trinajstić information content (AvgIpc) is 2.70. The van der Waals surface area contributed by atoms with Crippen LogP contribution in [0.15, 0.2) is 18.5 Å². The Balaban J connectivity index is 2.48. The Bertz CT molecular complexity index is 330. The molecule has 0 fully saturated rings. The summed E-state index contributed by atoms with van der Waals surface area (Å²) in [6.45, 7) is 6.78. The van der Waals surface area contributed by atoms with Crippen LogP contribution in [-0.2, 0) is 7.05 Å². The van der Waals surface area contributed by atoms with Crippen molar-refractivity contribution in [2.24, 2.45) is 7.05 Å². The summed E-state index contributed by atoms with van der Waals surface area (Å²) in [5.41, 5.74) is 0.817. The normalized spacial score (nSPS) is 11.0. The maximum absolute atomic E-state index is 11.9. The van der Waals surface area contributed by atoms with E-state index in [9.17, 15) is 4.79 Å². The zero-order chi connectivity index (χ0) is 12.0. The van der Waals surface area contributed by atoms with Crippen LogP contribution < -0.4 is 0 Å². The van der Waals surface area contributed by atoms with Gasteiger partial charge in [-0.1, -0.05) is 20.3 Å². The van der Waals surface area contributed by atoms with Crippen molar-refractivity contribution < 1.29 is 4.79 Å². The third kappa shape index (κ3) is 3.81. The molecule has 16 heavy (non-hydrogen) atoms. The standard InChI is InChI=1S/C13H22N2O/c1-4-6-8-15(5-2)11-13(16)12-7-9-14(3)10-12/h7,9-10H,4-6,8,11H2,1-3H3. The molecule has 90 valence electrons. The number of rotatable bonds is 7. The van der Waals surface area contributed by atoms with Crippen LogP contribution in [-0.4, -0.2) is 34.9 Å². The maximum atomic E-state index is 11.9. The van der Waals surface area contributed by atoms with E-state index in [1.807, 2.05) is 30.1 Å². The van der Waals surface area contributed by atoms with Gasteiger partial charge in [0.05, 0.1) is 6.54 Å². The average molecular weight is 222 g/mol. The molecule has 0 saturated carbocycles. The summed E-state index contributed by atoms with van der Waals surface area (Å²) in [6, 6.07) is 1.88. The lowest BCUT2D eigenvalue weighted by Crippen LogP contribution is -2.30. The minimum atomic E-state index is 0.221. The number of hydrogen-bond acceptors (Lipinski definition) is 2. The van der Waals surface area contributed by atoms with Crippen molar-refractivity contribution in [2.75, 3.05) is 19.6 Å². The molecule has 1 aromatic rings. The molecule has 1 heterocycles. The van der Waals surface area contributed by atoms with E-state index in [2.05, 4.69) is 18.7 Å². The van der Waals surface area contributed by atoms with Gasteiger partial charge in [-0.25, -0.2) is 0 Å². The van der Waals surface area contributed by atoms with Gasteiger partial charge in [-0.3, -0.25) is 9.69 Å². The van der Waals surface area contributed by atoms with Crippen LogP contribution in [0, 0.1) is 0 Å². The Morgan fingerprint density at radius 1 is 1.44 bits per heavy atom. The number of aromatic nitrogens is 1. The molecule has 3 heteroatoms. The molecular weight excluding hydrogens is 200 g/mol. The summed E-state index contributed by atoms with van der Waals surface area (Å²) in [4.78, 5) is 14.1. The molecule has 0 spiro atoms. The van der Waals surface area contributed by atoms with E-state index in [1.165, 1.54) is 6.42 Å². The van der Waals surface area contributed by atoms with Gasteiger partial charge in [0.1, 0.15) is 0 Å². The predicted octanol–water partition coefficient (Wildman–Crippen LogP) is 2.33. The van der Waals surface area contributed by atoms with E-state index in [4.69, 9.17) is 0 Å². The van der Waals surface area contributed by atoms with Crippen molar-refractivity contribution in [1.82, 2.24) is 9.47 Å². The molecule has 0 aliphatic heterocycles. The third-order valence-electron chi connectivity index (χ3n) is 2.80. The van der Waals surface area contributed by atoms with E-state index >= 15 is 0 Å². The smallest absolute Gasteiger partial charge is 0.178 e. The van der Waals surface area contributed by atoms with E-state index in [0.717, 1.165) is 25.1 Å². The summed E-state index contributed by atoms with van der Waals surface area (Å²) in [7, 11) is 1.94. The van der Waals surface area contributed by atoms with Crippen molar-refractivity contribution in [2.45, 2.75) is 26.7 Å². The number of carbonyl (C=O) groups excluding carboxylic acids is 1. The monoisotopic (exact) mass is 222 g/mol. The molecule has 0 aliphatic rings. The fraction of sp³-hybridized carbons (Fsp3) is 0.615. The molecule has 0 radical (unpaired) electrons. The van der Waals surface area contributed by atoms with Gasteiger partial charge in [0, 0.05) is 25.0 Å². The van der Waals surface area contributed by atoms with Gasteiger partial charge in [-0.2, -0.15) is 0 Å². The highest BCUT2D eigenvalue weighted by Gasteiger charge is 2.11. The van der Waals surface area contributed by atoms with Crippen LogP contribution >= 0.6 is 0 Å². The lowest BCUT2D eigenvalue weighted by atomic mass is 10.2. The van der Waals surface area contributed by atoms with Crippen molar-refractivity contribution in [3.8, 4) is 0 Å². The van der Waals surface area contributed by atoms with Crippen molar-refractivity contribution >= 4 is 5.78 Å². The topological polar surface area (TPSA) is 25.2 Å². The molecule has 0 aliphatic carbocycles. The number of Topliss-reactive ketones (excluding diaryl/α,β-unsaturated/α-hetero) is 1. The Kier molecular flexibility index (Phi) is 5.26. The summed E-state index contributed by atoms with van der Waals surface area (Å²) in [5.74, 6) is 0.221. The molecule has 0 N–H and O–H groups in total. The summed E-state index contributed by atoms with van der Waals surface area (Å²) < 4.78 is 1.91. The van der Waals surface area contributed by atoms with Gasteiger partial charge in [0.15, 0.2) is 5.78 Å². The fourth-order valence-electron chi connectivity index (χ4n) is 1.69. The second kappa shape index (κ2) is 6.48. The number of aryl methyl sites for hydroxylation is 1. The molecule has 0 atom stereocenters. The van der Waals surface area contributed by atoms with Gasteiger partial charge in [-0.15, -0.1) is 0 Å². The highest BCUT2D eigenvalue weighted by atomic mass is 16.1. The fourth-order valence-corrected chi connectivity index (χ4v) is 1.69. The first kappa shape index (κ1) is 13.0. The maximum Gasteiger partial charge on any atom is 0.178 e. The van der Waals surface area contributed by atoms with Crippen LogP contribution in [0.3, 0.4) is 0 Å². The Morgan fingerprint density at radius 3 is 2.69 bits per heavy atom. The van der Waals surface area contributed by atoms with Gasteiger partial charge in [0.25, 0.3) is 0 Å². The SMILES string of the molecule is CCCCN(CC)CC(=O)c1ccn(C)c1. The van der Waals surface area contributed by atoms with Crippen LogP contribution in [0.25, 0.3) is 0 Å². The lowest BCUT2D eigenvalue weighted by Gasteiger charge is -2.18. The predicted molar refractivity (Wildman–Crippen MR) is 66.8 cm³/mol. The van der Waals surface area contributed by atoms with Gasteiger partial charge >= 0.3 is 0 Å². The number of unbranched alkanes of at least 4 members (excludes halogenated alkanes) is 1. The number of hydrogen-bond donors (Lipinski definition) is 0. The molecule has 0 amide bonds. The molecule has 1 rings (SSSR count). The van der Waals surface area contributed by atoms with E-state index in [-0.39, 0.29) is 5.78 Å². The van der Waals surface area contributed by atoms with Crippen LogP contribution in [0.5, 0.6) is 0 Å². The van der Waals surface area contributed by atoms with Gasteiger partial charge in [0.2, 0.25) is 0 Å². The molecule has 0 aromatic carbocycles. The number of ketones is 1. The molecule has 1 aromatic heterocycles. The minimum Gasteiger partial charge on any atom is -0.357 e. The van der Waals surface area contributed by atoms with Gasteiger partial charge in [-0.05, 0) is 25.6 Å². The van der Waals surface area contributed by atoms with Crippen LogP contribution in [0.2, 0.25) is 0 Å². The minimum absolute atomic E-state index is 0.221.